The molecule has 0 aromatic carbocycles. The first-order valence-electron chi connectivity index (χ1n) is 5.64. The Kier molecular flexibility index (Phi) is 4.24. The van der Waals surface area contributed by atoms with E-state index in [4.69, 9.17) is 4.74 Å². The number of ether oxygens (including phenoxy) is 1. The van der Waals surface area contributed by atoms with Crippen LogP contribution in [-0.2, 0) is 0 Å². The predicted octanol–water partition coefficient (Wildman–Crippen LogP) is 1.23. The molecule has 94 valence electrons. The molecule has 2 N–H and O–H groups in total. The average Bonchev–Trinajstić information content (AvgIpc) is 2.39. The van der Waals surface area contributed by atoms with E-state index in [1.807, 2.05) is 11.8 Å². The lowest BCUT2D eigenvalue weighted by Gasteiger charge is -2.22. The highest BCUT2D eigenvalue weighted by Crippen LogP contribution is 2.20. The molecule has 0 amide bonds. The van der Waals surface area contributed by atoms with Crippen molar-refractivity contribution >= 4 is 23.7 Å². The fourth-order valence-corrected chi connectivity index (χ4v) is 2.73. The van der Waals surface area contributed by atoms with E-state index in [0.717, 1.165) is 12.2 Å². The van der Waals surface area contributed by atoms with Gasteiger partial charge in [-0.15, -0.1) is 0 Å². The third kappa shape index (κ3) is 3.36. The van der Waals surface area contributed by atoms with Gasteiger partial charge in [-0.1, -0.05) is 0 Å². The quantitative estimate of drug-likeness (QED) is 0.838. The summed E-state index contributed by atoms with van der Waals surface area (Å²) < 4.78 is 5.04. The first-order chi connectivity index (χ1) is 8.31. The minimum absolute atomic E-state index is 0.329. The summed E-state index contributed by atoms with van der Waals surface area (Å²) in [5.41, 5.74) is 0. The van der Waals surface area contributed by atoms with Crippen LogP contribution < -0.4 is 15.4 Å². The smallest absolute Gasteiger partial charge is 0.322 e. The number of nitrogens with one attached hydrogen (secondary N) is 2. The number of aromatic nitrogens is 3. The molecule has 1 aliphatic rings. The molecule has 7 heteroatoms. The number of hydrogen-bond acceptors (Lipinski definition) is 7. The largest absolute Gasteiger partial charge is 0.467 e. The molecule has 0 bridgehead atoms. The number of hydrogen-bond donors (Lipinski definition) is 2. The summed E-state index contributed by atoms with van der Waals surface area (Å²) >= 11 is 1.96. The van der Waals surface area contributed by atoms with Crippen molar-refractivity contribution in [1.82, 2.24) is 15.0 Å². The van der Waals surface area contributed by atoms with Crippen LogP contribution in [0.4, 0.5) is 11.9 Å². The molecule has 1 aromatic rings. The first-order valence-corrected chi connectivity index (χ1v) is 6.79. The van der Waals surface area contributed by atoms with Crippen molar-refractivity contribution < 1.29 is 4.74 Å². The molecule has 1 atom stereocenters. The van der Waals surface area contributed by atoms with Crippen molar-refractivity contribution in [2.75, 3.05) is 36.3 Å². The second-order valence-corrected chi connectivity index (χ2v) is 4.93. The van der Waals surface area contributed by atoms with E-state index in [1.54, 1.807) is 14.2 Å². The van der Waals surface area contributed by atoms with Crippen LogP contribution in [0.15, 0.2) is 0 Å². The van der Waals surface area contributed by atoms with Crippen LogP contribution in [0.25, 0.3) is 0 Å². The number of anilines is 2. The summed E-state index contributed by atoms with van der Waals surface area (Å²) in [6.45, 7) is 0. The Labute approximate surface area is 105 Å². The molecule has 0 saturated carbocycles. The Morgan fingerprint density at radius 2 is 2.12 bits per heavy atom. The summed E-state index contributed by atoms with van der Waals surface area (Å²) in [4.78, 5) is 12.5. The number of thioether (sulfide) groups is 1. The van der Waals surface area contributed by atoms with Crippen molar-refractivity contribution in [3.8, 4) is 6.01 Å². The maximum atomic E-state index is 5.04. The minimum atomic E-state index is 0.329. The van der Waals surface area contributed by atoms with Crippen LogP contribution >= 0.6 is 11.8 Å². The third-order valence-electron chi connectivity index (χ3n) is 2.51. The van der Waals surface area contributed by atoms with Gasteiger partial charge in [0.2, 0.25) is 11.9 Å². The highest BCUT2D eigenvalue weighted by Gasteiger charge is 2.15. The van der Waals surface area contributed by atoms with E-state index in [0.29, 0.717) is 23.9 Å². The van der Waals surface area contributed by atoms with Crippen molar-refractivity contribution in [1.29, 1.82) is 0 Å². The van der Waals surface area contributed by atoms with Gasteiger partial charge in [-0.05, 0) is 18.6 Å². The second kappa shape index (κ2) is 5.90. The van der Waals surface area contributed by atoms with Crippen LogP contribution in [-0.4, -0.2) is 46.7 Å². The van der Waals surface area contributed by atoms with Crippen molar-refractivity contribution in [2.24, 2.45) is 0 Å². The average molecular weight is 255 g/mol. The Hall–Kier alpha value is -1.24. The maximum Gasteiger partial charge on any atom is 0.322 e. The van der Waals surface area contributed by atoms with Gasteiger partial charge in [0.1, 0.15) is 0 Å². The molecule has 6 nitrogen and oxygen atoms in total. The van der Waals surface area contributed by atoms with E-state index < -0.39 is 0 Å². The molecule has 2 rings (SSSR count). The molecule has 1 aromatic heterocycles. The molecule has 0 aliphatic carbocycles. The minimum Gasteiger partial charge on any atom is -0.467 e. The molecule has 17 heavy (non-hydrogen) atoms. The normalized spacial score (nSPS) is 19.8. The second-order valence-electron chi connectivity index (χ2n) is 3.78. The molecular weight excluding hydrogens is 238 g/mol. The highest BCUT2D eigenvalue weighted by molar-refractivity contribution is 7.99. The molecule has 1 unspecified atom stereocenters. The molecule has 1 aliphatic heterocycles. The van der Waals surface area contributed by atoms with E-state index >= 15 is 0 Å². The molecule has 1 saturated heterocycles. The van der Waals surface area contributed by atoms with Gasteiger partial charge in [0.25, 0.3) is 0 Å². The van der Waals surface area contributed by atoms with Gasteiger partial charge in [-0.25, -0.2) is 0 Å². The summed E-state index contributed by atoms with van der Waals surface area (Å²) in [5.74, 6) is 3.44. The number of rotatable bonds is 4. The first kappa shape index (κ1) is 12.2. The van der Waals surface area contributed by atoms with Crippen molar-refractivity contribution in [3.63, 3.8) is 0 Å². The summed E-state index contributed by atoms with van der Waals surface area (Å²) in [6, 6.07) is 0.765. The van der Waals surface area contributed by atoms with Gasteiger partial charge >= 0.3 is 6.01 Å². The lowest BCUT2D eigenvalue weighted by molar-refractivity contribution is 0.379. The van der Waals surface area contributed by atoms with Crippen LogP contribution in [0, 0.1) is 0 Å². The van der Waals surface area contributed by atoms with Gasteiger partial charge in [0.15, 0.2) is 0 Å². The van der Waals surface area contributed by atoms with Gasteiger partial charge in [0, 0.05) is 18.8 Å². The fourth-order valence-electron chi connectivity index (χ4n) is 1.66. The highest BCUT2D eigenvalue weighted by atomic mass is 32.2. The van der Waals surface area contributed by atoms with Crippen molar-refractivity contribution in [3.05, 3.63) is 0 Å². The van der Waals surface area contributed by atoms with Gasteiger partial charge in [-0.3, -0.25) is 0 Å². The summed E-state index contributed by atoms with van der Waals surface area (Å²) in [7, 11) is 3.32. The maximum absolute atomic E-state index is 5.04. The van der Waals surface area contributed by atoms with Crippen LogP contribution in [0.5, 0.6) is 6.01 Å². The van der Waals surface area contributed by atoms with E-state index in [9.17, 15) is 0 Å². The zero-order chi connectivity index (χ0) is 12.1. The fraction of sp³-hybridized carbons (Fsp3) is 0.700. The Morgan fingerprint density at radius 3 is 2.76 bits per heavy atom. The zero-order valence-corrected chi connectivity index (χ0v) is 10.9. The van der Waals surface area contributed by atoms with Gasteiger partial charge in [-0.2, -0.15) is 26.7 Å². The summed E-state index contributed by atoms with van der Waals surface area (Å²) in [5, 5.41) is 6.22. The van der Waals surface area contributed by atoms with Gasteiger partial charge in [0.05, 0.1) is 7.11 Å². The monoisotopic (exact) mass is 255 g/mol. The van der Waals surface area contributed by atoms with Crippen molar-refractivity contribution in [2.45, 2.75) is 18.9 Å². The lowest BCUT2D eigenvalue weighted by Crippen LogP contribution is -2.27. The Morgan fingerprint density at radius 1 is 1.29 bits per heavy atom. The third-order valence-corrected chi connectivity index (χ3v) is 3.73. The van der Waals surface area contributed by atoms with Gasteiger partial charge < -0.3 is 15.4 Å². The Balaban J connectivity index is 2.07. The molecule has 2 heterocycles. The summed E-state index contributed by atoms with van der Waals surface area (Å²) in [6.07, 6.45) is 2.40. The Bertz CT molecular complexity index is 347. The van der Waals surface area contributed by atoms with Crippen LogP contribution in [0.2, 0.25) is 0 Å². The predicted molar refractivity (Wildman–Crippen MR) is 69.9 cm³/mol. The SMILES string of the molecule is CNc1nc(NC2CCCSC2)nc(OC)n1. The topological polar surface area (TPSA) is 72.0 Å². The molecular formula is C10H17N5OS. The molecule has 0 radical (unpaired) electrons. The van der Waals surface area contributed by atoms with E-state index in [2.05, 4.69) is 25.6 Å². The van der Waals surface area contributed by atoms with E-state index in [1.165, 1.54) is 12.2 Å². The number of nitrogens with zero attached hydrogens (tertiary/aromatic N) is 3. The van der Waals surface area contributed by atoms with Crippen LogP contribution in [0.3, 0.4) is 0 Å². The zero-order valence-electron chi connectivity index (χ0n) is 10.1. The molecule has 0 spiro atoms. The lowest BCUT2D eigenvalue weighted by atomic mass is 10.2. The molecule has 1 fully saturated rings. The number of methoxy groups -OCH3 is 1. The standard InChI is InChI=1S/C10H17N5OS/c1-11-8-13-9(15-10(14-8)16-2)12-7-4-3-5-17-6-7/h7H,3-6H2,1-2H3,(H2,11,12,13,14,15). The van der Waals surface area contributed by atoms with Crippen LogP contribution in [0.1, 0.15) is 12.8 Å². The van der Waals surface area contributed by atoms with E-state index in [-0.39, 0.29) is 0 Å².